The van der Waals surface area contributed by atoms with E-state index in [1.54, 1.807) is 19.5 Å². The fourth-order valence-electron chi connectivity index (χ4n) is 1.08. The van der Waals surface area contributed by atoms with Gasteiger partial charge in [-0.2, -0.15) is 0 Å². The number of pyridine rings is 1. The van der Waals surface area contributed by atoms with E-state index in [2.05, 4.69) is 4.98 Å². The summed E-state index contributed by atoms with van der Waals surface area (Å²) in [5, 5.41) is 0. The maximum Gasteiger partial charge on any atom is 0.137 e. The van der Waals surface area contributed by atoms with Crippen LogP contribution in [0.3, 0.4) is 0 Å². The summed E-state index contributed by atoms with van der Waals surface area (Å²) in [4.78, 5) is 3.94. The molecule has 1 heterocycles. The van der Waals surface area contributed by atoms with Gasteiger partial charge in [-0.25, -0.2) is 0 Å². The summed E-state index contributed by atoms with van der Waals surface area (Å²) in [6.07, 6.45) is 4.24. The van der Waals surface area contributed by atoms with Gasteiger partial charge in [0.05, 0.1) is 12.3 Å². The average Bonchev–Trinajstić information content (AvgIpc) is 2.25. The van der Waals surface area contributed by atoms with E-state index in [9.17, 15) is 0 Å². The zero-order valence-corrected chi connectivity index (χ0v) is 8.35. The van der Waals surface area contributed by atoms with Gasteiger partial charge in [0.1, 0.15) is 12.4 Å². The molecule has 1 aromatic rings. The number of nitrogens with two attached hydrogens (primary N) is 1. The second-order valence-corrected chi connectivity index (χ2v) is 2.93. The number of aromatic nitrogens is 1. The van der Waals surface area contributed by atoms with Crippen LogP contribution >= 0.6 is 0 Å². The quantitative estimate of drug-likeness (QED) is 0.732. The van der Waals surface area contributed by atoms with Gasteiger partial charge >= 0.3 is 0 Å². The van der Waals surface area contributed by atoms with Crippen LogP contribution in [-0.4, -0.2) is 31.3 Å². The molecule has 0 aliphatic heterocycles. The second kappa shape index (κ2) is 6.34. The SMILES string of the molecule is COC(CCN)COc1cccnc1. The smallest absolute Gasteiger partial charge is 0.137 e. The molecule has 1 atom stereocenters. The Labute approximate surface area is 84.0 Å². The molecule has 14 heavy (non-hydrogen) atoms. The maximum absolute atomic E-state index is 5.47. The van der Waals surface area contributed by atoms with Crippen molar-refractivity contribution in [2.45, 2.75) is 12.5 Å². The highest BCUT2D eigenvalue weighted by atomic mass is 16.5. The van der Waals surface area contributed by atoms with Gasteiger partial charge < -0.3 is 15.2 Å². The van der Waals surface area contributed by atoms with Crippen molar-refractivity contribution in [3.05, 3.63) is 24.5 Å². The minimum absolute atomic E-state index is 0.0557. The van der Waals surface area contributed by atoms with Crippen molar-refractivity contribution in [3.63, 3.8) is 0 Å². The largest absolute Gasteiger partial charge is 0.489 e. The minimum atomic E-state index is 0.0557. The van der Waals surface area contributed by atoms with Gasteiger partial charge in [-0.15, -0.1) is 0 Å². The molecular formula is C10H16N2O2. The second-order valence-electron chi connectivity index (χ2n) is 2.93. The van der Waals surface area contributed by atoms with Gasteiger partial charge in [0.25, 0.3) is 0 Å². The summed E-state index contributed by atoms with van der Waals surface area (Å²) in [5.41, 5.74) is 5.43. The van der Waals surface area contributed by atoms with E-state index in [-0.39, 0.29) is 6.10 Å². The van der Waals surface area contributed by atoms with Crippen molar-refractivity contribution in [3.8, 4) is 5.75 Å². The Balaban J connectivity index is 2.32. The monoisotopic (exact) mass is 196 g/mol. The van der Waals surface area contributed by atoms with Crippen LogP contribution in [0.4, 0.5) is 0 Å². The first kappa shape index (κ1) is 10.9. The fraction of sp³-hybridized carbons (Fsp3) is 0.500. The van der Waals surface area contributed by atoms with Crippen LogP contribution in [0.25, 0.3) is 0 Å². The van der Waals surface area contributed by atoms with Crippen LogP contribution in [0.5, 0.6) is 5.75 Å². The molecule has 0 bridgehead atoms. The summed E-state index contributed by atoms with van der Waals surface area (Å²) < 4.78 is 10.7. The zero-order chi connectivity index (χ0) is 10.2. The molecule has 1 unspecified atom stereocenters. The Bertz CT molecular complexity index is 241. The molecule has 2 N–H and O–H groups in total. The first-order valence-electron chi connectivity index (χ1n) is 4.62. The molecule has 0 aliphatic carbocycles. The van der Waals surface area contributed by atoms with Gasteiger partial charge in [-0.1, -0.05) is 0 Å². The lowest BCUT2D eigenvalue weighted by Crippen LogP contribution is -2.23. The number of ether oxygens (including phenoxy) is 2. The van der Waals surface area contributed by atoms with Crippen LogP contribution in [-0.2, 0) is 4.74 Å². The van der Waals surface area contributed by atoms with Crippen molar-refractivity contribution in [2.75, 3.05) is 20.3 Å². The van der Waals surface area contributed by atoms with Crippen LogP contribution in [0.15, 0.2) is 24.5 Å². The predicted molar refractivity (Wildman–Crippen MR) is 54.2 cm³/mol. The Morgan fingerprint density at radius 2 is 2.43 bits per heavy atom. The van der Waals surface area contributed by atoms with Crippen molar-refractivity contribution in [1.29, 1.82) is 0 Å². The molecule has 1 rings (SSSR count). The average molecular weight is 196 g/mol. The van der Waals surface area contributed by atoms with Crippen LogP contribution < -0.4 is 10.5 Å². The molecule has 0 aromatic carbocycles. The van der Waals surface area contributed by atoms with Gasteiger partial charge in [0, 0.05) is 13.3 Å². The van der Waals surface area contributed by atoms with E-state index in [1.165, 1.54) is 0 Å². The Kier molecular flexibility index (Phi) is 4.96. The number of rotatable bonds is 6. The molecule has 0 amide bonds. The van der Waals surface area contributed by atoms with Crippen molar-refractivity contribution >= 4 is 0 Å². The normalized spacial score (nSPS) is 12.4. The zero-order valence-electron chi connectivity index (χ0n) is 8.35. The fourth-order valence-corrected chi connectivity index (χ4v) is 1.08. The number of methoxy groups -OCH3 is 1. The molecule has 0 spiro atoms. The van der Waals surface area contributed by atoms with Gasteiger partial charge in [-0.3, -0.25) is 4.98 Å². The standard InChI is InChI=1S/C10H16N2O2/c1-13-10(4-5-11)8-14-9-3-2-6-12-7-9/h2-3,6-7,10H,4-5,8,11H2,1H3. The summed E-state index contributed by atoms with van der Waals surface area (Å²) in [6, 6.07) is 3.70. The third kappa shape index (κ3) is 3.72. The molecule has 4 nitrogen and oxygen atoms in total. The Hall–Kier alpha value is -1.13. The molecule has 0 fully saturated rings. The van der Waals surface area contributed by atoms with E-state index >= 15 is 0 Å². The van der Waals surface area contributed by atoms with Gasteiger partial charge in [0.2, 0.25) is 0 Å². The molecular weight excluding hydrogens is 180 g/mol. The highest BCUT2D eigenvalue weighted by molar-refractivity contribution is 5.15. The van der Waals surface area contributed by atoms with Crippen molar-refractivity contribution < 1.29 is 9.47 Å². The van der Waals surface area contributed by atoms with Gasteiger partial charge in [-0.05, 0) is 25.1 Å². The molecule has 0 saturated carbocycles. The highest BCUT2D eigenvalue weighted by Crippen LogP contribution is 2.07. The number of hydrogen-bond donors (Lipinski definition) is 1. The van der Waals surface area contributed by atoms with E-state index < -0.39 is 0 Å². The summed E-state index contributed by atoms with van der Waals surface area (Å²) in [7, 11) is 1.66. The Morgan fingerprint density at radius 3 is 3.00 bits per heavy atom. The lowest BCUT2D eigenvalue weighted by Gasteiger charge is -2.14. The minimum Gasteiger partial charge on any atom is -0.489 e. The predicted octanol–water partition coefficient (Wildman–Crippen LogP) is 0.824. The third-order valence-electron chi connectivity index (χ3n) is 1.89. The van der Waals surface area contributed by atoms with Crippen molar-refractivity contribution in [1.82, 2.24) is 4.98 Å². The van der Waals surface area contributed by atoms with Crippen LogP contribution in [0.2, 0.25) is 0 Å². The molecule has 0 radical (unpaired) electrons. The first-order chi connectivity index (χ1) is 6.86. The maximum atomic E-state index is 5.47. The van der Waals surface area contributed by atoms with E-state index in [4.69, 9.17) is 15.2 Å². The Morgan fingerprint density at radius 1 is 1.57 bits per heavy atom. The summed E-state index contributed by atoms with van der Waals surface area (Å²) in [5.74, 6) is 0.756. The van der Waals surface area contributed by atoms with Crippen molar-refractivity contribution in [2.24, 2.45) is 5.73 Å². The van der Waals surface area contributed by atoms with Crippen LogP contribution in [0.1, 0.15) is 6.42 Å². The highest BCUT2D eigenvalue weighted by Gasteiger charge is 2.06. The number of nitrogens with zero attached hydrogens (tertiary/aromatic N) is 1. The molecule has 0 aliphatic rings. The third-order valence-corrected chi connectivity index (χ3v) is 1.89. The van der Waals surface area contributed by atoms with E-state index in [1.807, 2.05) is 12.1 Å². The summed E-state index contributed by atoms with van der Waals surface area (Å²) in [6.45, 7) is 1.12. The lowest BCUT2D eigenvalue weighted by atomic mass is 10.3. The molecule has 4 heteroatoms. The molecule has 1 aromatic heterocycles. The first-order valence-corrected chi connectivity index (χ1v) is 4.62. The topological polar surface area (TPSA) is 57.4 Å². The lowest BCUT2D eigenvalue weighted by molar-refractivity contribution is 0.0537. The molecule has 78 valence electrons. The van der Waals surface area contributed by atoms with Crippen LogP contribution in [0, 0.1) is 0 Å². The summed E-state index contributed by atoms with van der Waals surface area (Å²) >= 11 is 0. The molecule has 0 saturated heterocycles. The number of hydrogen-bond acceptors (Lipinski definition) is 4. The van der Waals surface area contributed by atoms with E-state index in [0.29, 0.717) is 13.2 Å². The van der Waals surface area contributed by atoms with Gasteiger partial charge in [0.15, 0.2) is 0 Å². The van der Waals surface area contributed by atoms with E-state index in [0.717, 1.165) is 12.2 Å².